The van der Waals surface area contributed by atoms with Gasteiger partial charge in [0.2, 0.25) is 0 Å². The quantitative estimate of drug-likeness (QED) is 0.204. The summed E-state index contributed by atoms with van der Waals surface area (Å²) >= 11 is 0. The van der Waals surface area contributed by atoms with Crippen molar-refractivity contribution in [2.75, 3.05) is 20.3 Å². The van der Waals surface area contributed by atoms with E-state index in [-0.39, 0.29) is 12.9 Å². The van der Waals surface area contributed by atoms with Crippen molar-refractivity contribution in [1.29, 1.82) is 0 Å². The highest BCUT2D eigenvalue weighted by molar-refractivity contribution is 7.16. The van der Waals surface area contributed by atoms with Crippen LogP contribution in [0.4, 0.5) is 0 Å². The average molecular weight is 547 g/mol. The Morgan fingerprint density at radius 2 is 1.71 bits per heavy atom. The third-order valence-electron chi connectivity index (χ3n) is 5.42. The van der Waals surface area contributed by atoms with Gasteiger partial charge in [0.05, 0.1) is 6.10 Å². The molecular weight excluding hydrogens is 499 g/mol. The van der Waals surface area contributed by atoms with Crippen molar-refractivity contribution in [3.8, 4) is 11.5 Å². The van der Waals surface area contributed by atoms with E-state index in [9.17, 15) is 9.90 Å². The first-order valence-corrected chi connectivity index (χ1v) is 13.8. The van der Waals surface area contributed by atoms with Crippen LogP contribution in [0.1, 0.15) is 68.4 Å². The first-order valence-electron chi connectivity index (χ1n) is 13.0. The Labute approximate surface area is 231 Å². The number of carbonyl (C=O) groups excluding carboxylic acids is 1. The number of aliphatic hydroxyl groups excluding tert-OH is 1. The molecule has 7 heteroatoms. The standard InChI is InChI=1S/C23H27O2P.C4H8O2.C2H6O2.C2H6/c1-16-10-21(25-15-26)11-17(2)22(16)14-19-8-9-23(24)20(13-19)12-18-6-4-3-5-7-18;1-4(2)6-3-5;1-4-2-3;1-2/h3-4,6,8-11,13,24H,5,7,12,14-15,26H2,1-2H3;3-4H,1-2H3;3H,2H2,1H3;1-2H3. The topological polar surface area (TPSA) is 85.2 Å². The number of aliphatic hydroxyl groups is 1. The summed E-state index contributed by atoms with van der Waals surface area (Å²) in [6.07, 6.45) is 11.0. The summed E-state index contributed by atoms with van der Waals surface area (Å²) in [5.74, 6) is 1.31. The fraction of sp³-hybridized carbons (Fsp3) is 0.452. The van der Waals surface area contributed by atoms with Crippen LogP contribution in [-0.4, -0.2) is 43.0 Å². The van der Waals surface area contributed by atoms with Gasteiger partial charge in [-0.05, 0) is 99.4 Å². The highest BCUT2D eigenvalue weighted by Crippen LogP contribution is 2.28. The fourth-order valence-electron chi connectivity index (χ4n) is 3.66. The number of aryl methyl sites for hydroxylation is 2. The van der Waals surface area contributed by atoms with Crippen molar-refractivity contribution in [3.05, 3.63) is 82.0 Å². The van der Waals surface area contributed by atoms with E-state index in [1.54, 1.807) is 13.8 Å². The van der Waals surface area contributed by atoms with Gasteiger partial charge < -0.3 is 24.4 Å². The van der Waals surface area contributed by atoms with E-state index < -0.39 is 0 Å². The van der Waals surface area contributed by atoms with E-state index in [1.165, 1.54) is 34.9 Å². The molecule has 212 valence electrons. The Hall–Kier alpha value is -2.66. The molecule has 0 aromatic heterocycles. The van der Waals surface area contributed by atoms with E-state index in [0.29, 0.717) is 18.6 Å². The molecule has 1 aliphatic rings. The van der Waals surface area contributed by atoms with Gasteiger partial charge in [-0.1, -0.05) is 59.0 Å². The average Bonchev–Trinajstić information content (AvgIpc) is 2.90. The number of allylic oxidation sites excluding steroid dienone is 4. The number of benzene rings is 2. The summed E-state index contributed by atoms with van der Waals surface area (Å²) in [6.45, 7) is 12.1. The number of methoxy groups -OCH3 is 1. The molecule has 0 radical (unpaired) electrons. The second kappa shape index (κ2) is 21.3. The minimum absolute atomic E-state index is 0.0301. The van der Waals surface area contributed by atoms with Crippen LogP contribution in [0.15, 0.2) is 54.1 Å². The lowest BCUT2D eigenvalue weighted by molar-refractivity contribution is -0.131. The van der Waals surface area contributed by atoms with E-state index >= 15 is 0 Å². The smallest absolute Gasteiger partial charge is 0.293 e. The van der Waals surface area contributed by atoms with Crippen LogP contribution in [-0.2, 0) is 27.1 Å². The van der Waals surface area contributed by atoms with E-state index in [4.69, 9.17) is 9.84 Å². The fourth-order valence-corrected chi connectivity index (χ4v) is 3.85. The summed E-state index contributed by atoms with van der Waals surface area (Å²) in [5.41, 5.74) is 7.45. The molecule has 2 N–H and O–H groups in total. The van der Waals surface area contributed by atoms with Gasteiger partial charge in [-0.25, -0.2) is 0 Å². The van der Waals surface area contributed by atoms with Crippen molar-refractivity contribution in [1.82, 2.24) is 0 Å². The second-order valence-corrected chi connectivity index (χ2v) is 8.99. The van der Waals surface area contributed by atoms with E-state index in [0.717, 1.165) is 37.0 Å². The number of phenols is 1. The summed E-state index contributed by atoms with van der Waals surface area (Å²) in [5, 5.41) is 17.9. The number of rotatable bonds is 9. The maximum atomic E-state index is 10.3. The van der Waals surface area contributed by atoms with Crippen LogP contribution >= 0.6 is 9.24 Å². The molecule has 0 saturated carbocycles. The van der Waals surface area contributed by atoms with Crippen LogP contribution in [0.2, 0.25) is 0 Å². The zero-order valence-electron chi connectivity index (χ0n) is 24.1. The van der Waals surface area contributed by atoms with Crippen molar-refractivity contribution >= 4 is 15.7 Å². The minimum Gasteiger partial charge on any atom is -0.508 e. The summed E-state index contributed by atoms with van der Waals surface area (Å²) in [6, 6.07) is 10.2. The number of ether oxygens (including phenoxy) is 3. The third kappa shape index (κ3) is 14.3. The van der Waals surface area contributed by atoms with Gasteiger partial charge in [-0.15, -0.1) is 0 Å². The molecule has 1 atom stereocenters. The molecule has 0 saturated heterocycles. The van der Waals surface area contributed by atoms with Gasteiger partial charge in [-0.2, -0.15) is 0 Å². The van der Waals surface area contributed by atoms with E-state index in [2.05, 4.69) is 69.0 Å². The van der Waals surface area contributed by atoms with Crippen molar-refractivity contribution in [2.45, 2.75) is 73.3 Å². The van der Waals surface area contributed by atoms with Crippen LogP contribution in [0.5, 0.6) is 11.5 Å². The Balaban J connectivity index is 0.000000964. The lowest BCUT2D eigenvalue weighted by Gasteiger charge is -2.15. The first-order chi connectivity index (χ1) is 18.2. The third-order valence-corrected chi connectivity index (χ3v) is 5.59. The normalized spacial score (nSPS) is 11.6. The molecule has 6 nitrogen and oxygen atoms in total. The maximum absolute atomic E-state index is 10.3. The van der Waals surface area contributed by atoms with Gasteiger partial charge in [0, 0.05) is 7.11 Å². The van der Waals surface area contributed by atoms with Gasteiger partial charge in [0.25, 0.3) is 6.47 Å². The molecule has 0 bridgehead atoms. The number of hydrogen-bond donors (Lipinski definition) is 2. The largest absolute Gasteiger partial charge is 0.508 e. The summed E-state index contributed by atoms with van der Waals surface area (Å²) < 4.78 is 14.1. The van der Waals surface area contributed by atoms with Gasteiger partial charge in [0.15, 0.2) is 0 Å². The van der Waals surface area contributed by atoms with Gasteiger partial charge in [0.1, 0.15) is 24.6 Å². The molecule has 0 fully saturated rings. The second-order valence-electron chi connectivity index (χ2n) is 8.65. The molecule has 0 heterocycles. The molecule has 0 spiro atoms. The minimum atomic E-state index is -0.181. The summed E-state index contributed by atoms with van der Waals surface area (Å²) in [4.78, 5) is 9.39. The number of phenolic OH excluding ortho intramolecular Hbond substituents is 1. The van der Waals surface area contributed by atoms with Gasteiger partial charge >= 0.3 is 0 Å². The van der Waals surface area contributed by atoms with Gasteiger partial charge in [-0.3, -0.25) is 4.79 Å². The molecule has 38 heavy (non-hydrogen) atoms. The molecule has 1 unspecified atom stereocenters. The Morgan fingerprint density at radius 1 is 1.08 bits per heavy atom. The molecule has 0 aliphatic heterocycles. The highest BCUT2D eigenvalue weighted by atomic mass is 31.0. The zero-order chi connectivity index (χ0) is 28.9. The lowest BCUT2D eigenvalue weighted by Crippen LogP contribution is -2.00. The molecule has 0 amide bonds. The summed E-state index contributed by atoms with van der Waals surface area (Å²) in [7, 11) is 4.02. The number of carbonyl (C=O) groups is 1. The molecule has 1 aliphatic carbocycles. The van der Waals surface area contributed by atoms with E-state index in [1.807, 2.05) is 26.0 Å². The predicted molar refractivity (Wildman–Crippen MR) is 160 cm³/mol. The van der Waals surface area contributed by atoms with Crippen LogP contribution < -0.4 is 4.74 Å². The van der Waals surface area contributed by atoms with Crippen LogP contribution in [0, 0.1) is 13.8 Å². The van der Waals surface area contributed by atoms with Crippen LogP contribution in [0.3, 0.4) is 0 Å². The lowest BCUT2D eigenvalue weighted by atomic mass is 9.92. The Morgan fingerprint density at radius 3 is 2.16 bits per heavy atom. The zero-order valence-corrected chi connectivity index (χ0v) is 25.3. The van der Waals surface area contributed by atoms with Crippen molar-refractivity contribution in [3.63, 3.8) is 0 Å². The number of aromatic hydroxyl groups is 1. The Kier molecular flexibility index (Phi) is 19.8. The SMILES string of the molecule is CC.CC(C)OC=O.COCO.Cc1cc(OCP)cc(C)c1Cc1ccc(O)c(CC2=CC=CCC2)c1. The molecular formula is C31H47O6P. The van der Waals surface area contributed by atoms with Crippen LogP contribution in [0.25, 0.3) is 0 Å². The molecule has 2 aromatic carbocycles. The van der Waals surface area contributed by atoms with Crippen molar-refractivity contribution < 1.29 is 29.2 Å². The highest BCUT2D eigenvalue weighted by Gasteiger charge is 2.11. The first kappa shape index (κ1) is 35.3. The monoisotopic (exact) mass is 546 g/mol. The maximum Gasteiger partial charge on any atom is 0.293 e. The predicted octanol–water partition coefficient (Wildman–Crippen LogP) is 6.81. The Bertz CT molecular complexity index is 973. The van der Waals surface area contributed by atoms with Crippen molar-refractivity contribution in [2.24, 2.45) is 0 Å². The number of hydrogen-bond acceptors (Lipinski definition) is 6. The molecule has 3 rings (SSSR count). The molecule has 2 aromatic rings.